The van der Waals surface area contributed by atoms with Gasteiger partial charge in [0.05, 0.1) is 0 Å². The second-order valence-corrected chi connectivity index (χ2v) is 2.72. The molecule has 0 aromatic heterocycles. The minimum absolute atomic E-state index is 0. The van der Waals surface area contributed by atoms with Gasteiger partial charge in [-0.1, -0.05) is 42.5 Å². The van der Waals surface area contributed by atoms with Crippen molar-refractivity contribution in [2.45, 2.75) is 0 Å². The second kappa shape index (κ2) is 4.37. The number of rotatable bonds is 1. The van der Waals surface area contributed by atoms with Gasteiger partial charge in [-0.25, -0.2) is 0 Å². The molecule has 0 unspecified atom stereocenters. The molecule has 0 heterocycles. The SMILES string of the molecule is C[N-]c1cccc2ccccc12.[Li+]. The van der Waals surface area contributed by atoms with Crippen molar-refractivity contribution >= 4 is 16.5 Å². The van der Waals surface area contributed by atoms with Crippen LogP contribution >= 0.6 is 0 Å². The monoisotopic (exact) mass is 163 g/mol. The van der Waals surface area contributed by atoms with E-state index in [-0.39, 0.29) is 18.9 Å². The quantitative estimate of drug-likeness (QED) is 0.543. The first-order chi connectivity index (χ1) is 5.92. The van der Waals surface area contributed by atoms with Gasteiger partial charge in [-0.15, -0.1) is 12.7 Å². The number of fused-ring (bicyclic) bond motifs is 1. The maximum Gasteiger partial charge on any atom is 1.00 e. The first-order valence-electron chi connectivity index (χ1n) is 3.99. The minimum atomic E-state index is 0. The molecule has 0 fully saturated rings. The van der Waals surface area contributed by atoms with Gasteiger partial charge < -0.3 is 5.32 Å². The molecule has 0 aliphatic rings. The Kier molecular flexibility index (Phi) is 3.42. The van der Waals surface area contributed by atoms with Crippen LogP contribution in [0.1, 0.15) is 0 Å². The number of benzene rings is 2. The van der Waals surface area contributed by atoms with Gasteiger partial charge in [-0.05, 0) is 10.8 Å². The van der Waals surface area contributed by atoms with Gasteiger partial charge in [0, 0.05) is 0 Å². The number of nitrogens with zero attached hydrogens (tertiary/aromatic N) is 1. The fourth-order valence-electron chi connectivity index (χ4n) is 1.40. The molecule has 60 valence electrons. The smallest absolute Gasteiger partial charge is 0.686 e. The fourth-order valence-corrected chi connectivity index (χ4v) is 1.40. The van der Waals surface area contributed by atoms with Crippen LogP contribution in [0.25, 0.3) is 16.1 Å². The topological polar surface area (TPSA) is 14.1 Å². The summed E-state index contributed by atoms with van der Waals surface area (Å²) in [6.07, 6.45) is 0. The first-order valence-corrected chi connectivity index (χ1v) is 3.99. The predicted octanol–water partition coefficient (Wildman–Crippen LogP) is 0.479. The zero-order valence-corrected chi connectivity index (χ0v) is 7.99. The molecule has 0 atom stereocenters. The fraction of sp³-hybridized carbons (Fsp3) is 0.0909. The van der Waals surface area contributed by atoms with Crippen LogP contribution in [-0.4, -0.2) is 7.05 Å². The van der Waals surface area contributed by atoms with E-state index in [2.05, 4.69) is 23.5 Å². The molecule has 2 aromatic carbocycles. The maximum atomic E-state index is 4.20. The molecule has 0 aliphatic carbocycles. The van der Waals surface area contributed by atoms with Crippen molar-refractivity contribution in [2.24, 2.45) is 0 Å². The van der Waals surface area contributed by atoms with Crippen LogP contribution < -0.4 is 18.9 Å². The Morgan fingerprint density at radius 1 is 0.923 bits per heavy atom. The van der Waals surface area contributed by atoms with Crippen LogP contribution in [-0.2, 0) is 0 Å². The standard InChI is InChI=1S/C11H10N.Li/c1-12-11-8-4-6-9-5-2-3-7-10(9)11;/h2-8H,1H3;/q-1;+1. The van der Waals surface area contributed by atoms with Gasteiger partial charge in [-0.2, -0.15) is 0 Å². The van der Waals surface area contributed by atoms with Crippen LogP contribution in [0.2, 0.25) is 0 Å². The predicted molar refractivity (Wildman–Crippen MR) is 52.9 cm³/mol. The Balaban J connectivity index is 0.000000845. The molecule has 0 aliphatic heterocycles. The van der Waals surface area contributed by atoms with Crippen molar-refractivity contribution in [1.29, 1.82) is 0 Å². The molecule has 0 spiro atoms. The Labute approximate surface area is 90.3 Å². The molecule has 0 bridgehead atoms. The van der Waals surface area contributed by atoms with Crippen molar-refractivity contribution in [3.8, 4) is 0 Å². The third-order valence-electron chi connectivity index (χ3n) is 2.01. The van der Waals surface area contributed by atoms with Gasteiger partial charge in [0.15, 0.2) is 0 Å². The number of hydrogen-bond donors (Lipinski definition) is 0. The van der Waals surface area contributed by atoms with E-state index < -0.39 is 0 Å². The van der Waals surface area contributed by atoms with Crippen LogP contribution in [0, 0.1) is 0 Å². The first kappa shape index (κ1) is 10.2. The zero-order chi connectivity index (χ0) is 8.39. The van der Waals surface area contributed by atoms with E-state index >= 15 is 0 Å². The van der Waals surface area contributed by atoms with Gasteiger partial charge in [0.1, 0.15) is 0 Å². The van der Waals surface area contributed by atoms with E-state index in [1.54, 1.807) is 0 Å². The van der Waals surface area contributed by atoms with Gasteiger partial charge in [-0.3, -0.25) is 0 Å². The van der Waals surface area contributed by atoms with Crippen LogP contribution in [0.5, 0.6) is 0 Å². The van der Waals surface area contributed by atoms with E-state index in [4.69, 9.17) is 0 Å². The van der Waals surface area contributed by atoms with Gasteiger partial charge in [0.2, 0.25) is 0 Å². The minimum Gasteiger partial charge on any atom is -0.686 e. The Hall–Kier alpha value is -0.903. The molecule has 2 heteroatoms. The van der Waals surface area contributed by atoms with Crippen molar-refractivity contribution in [1.82, 2.24) is 0 Å². The Bertz CT molecular complexity index is 393. The summed E-state index contributed by atoms with van der Waals surface area (Å²) in [6.45, 7) is 0. The van der Waals surface area contributed by atoms with Crippen molar-refractivity contribution < 1.29 is 18.9 Å². The van der Waals surface area contributed by atoms with E-state index in [0.29, 0.717) is 0 Å². The average molecular weight is 163 g/mol. The van der Waals surface area contributed by atoms with E-state index in [9.17, 15) is 0 Å². The van der Waals surface area contributed by atoms with Crippen LogP contribution in [0.4, 0.5) is 5.69 Å². The summed E-state index contributed by atoms with van der Waals surface area (Å²) >= 11 is 0. The molecular formula is C11H10LiN. The van der Waals surface area contributed by atoms with E-state index in [1.807, 2.05) is 31.3 Å². The van der Waals surface area contributed by atoms with Gasteiger partial charge >= 0.3 is 18.9 Å². The maximum absolute atomic E-state index is 4.20. The van der Waals surface area contributed by atoms with Crippen molar-refractivity contribution in [3.05, 3.63) is 47.8 Å². The summed E-state index contributed by atoms with van der Waals surface area (Å²) in [7, 11) is 1.82. The molecule has 1 nitrogen and oxygen atoms in total. The summed E-state index contributed by atoms with van der Waals surface area (Å²) < 4.78 is 0. The molecule has 0 N–H and O–H groups in total. The Morgan fingerprint density at radius 3 is 2.38 bits per heavy atom. The zero-order valence-electron chi connectivity index (χ0n) is 7.99. The summed E-state index contributed by atoms with van der Waals surface area (Å²) in [6, 6.07) is 14.4. The molecule has 2 aromatic rings. The third kappa shape index (κ3) is 1.88. The number of hydrogen-bond acceptors (Lipinski definition) is 0. The summed E-state index contributed by atoms with van der Waals surface area (Å²) in [5.41, 5.74) is 1.06. The summed E-state index contributed by atoms with van der Waals surface area (Å²) in [4.78, 5) is 0. The third-order valence-corrected chi connectivity index (χ3v) is 2.01. The summed E-state index contributed by atoms with van der Waals surface area (Å²) in [5, 5.41) is 6.67. The molecule has 0 amide bonds. The average Bonchev–Trinajstić information content (AvgIpc) is 2.17. The second-order valence-electron chi connectivity index (χ2n) is 2.72. The molecule has 2 rings (SSSR count). The molecular weight excluding hydrogens is 153 g/mol. The molecule has 0 radical (unpaired) electrons. The van der Waals surface area contributed by atoms with Crippen LogP contribution in [0.15, 0.2) is 42.5 Å². The Morgan fingerprint density at radius 2 is 1.62 bits per heavy atom. The van der Waals surface area contributed by atoms with Crippen LogP contribution in [0.3, 0.4) is 0 Å². The molecule has 13 heavy (non-hydrogen) atoms. The van der Waals surface area contributed by atoms with E-state index in [0.717, 1.165) is 5.69 Å². The summed E-state index contributed by atoms with van der Waals surface area (Å²) in [5.74, 6) is 0. The molecule has 0 saturated heterocycles. The van der Waals surface area contributed by atoms with Gasteiger partial charge in [0.25, 0.3) is 0 Å². The normalized spacial score (nSPS) is 9.31. The molecule has 0 saturated carbocycles. The van der Waals surface area contributed by atoms with E-state index in [1.165, 1.54) is 10.8 Å². The van der Waals surface area contributed by atoms with Crippen molar-refractivity contribution in [2.75, 3.05) is 7.05 Å². The van der Waals surface area contributed by atoms with Crippen molar-refractivity contribution in [3.63, 3.8) is 0 Å². The largest absolute Gasteiger partial charge is 1.00 e.